The summed E-state index contributed by atoms with van der Waals surface area (Å²) in [4.78, 5) is 25.9. The Hall–Kier alpha value is -2.62. The van der Waals surface area contributed by atoms with E-state index in [2.05, 4.69) is 0 Å². The van der Waals surface area contributed by atoms with Crippen LogP contribution in [0.2, 0.25) is 0 Å². The number of aryl methyl sites for hydroxylation is 1. The van der Waals surface area contributed by atoms with E-state index in [-0.39, 0.29) is 6.61 Å². The third-order valence-corrected chi connectivity index (χ3v) is 4.03. The molecule has 0 radical (unpaired) electrons. The Labute approximate surface area is 143 Å². The van der Waals surface area contributed by atoms with Gasteiger partial charge in [-0.3, -0.25) is 4.79 Å². The van der Waals surface area contributed by atoms with E-state index in [1.807, 2.05) is 62.4 Å². The Kier molecular flexibility index (Phi) is 6.13. The van der Waals surface area contributed by atoms with Gasteiger partial charge in [0, 0.05) is 13.1 Å². The van der Waals surface area contributed by atoms with Gasteiger partial charge in [-0.1, -0.05) is 48.5 Å². The molecule has 0 N–H and O–H groups in total. The van der Waals surface area contributed by atoms with E-state index in [0.717, 1.165) is 22.3 Å². The van der Waals surface area contributed by atoms with Crippen molar-refractivity contribution in [2.45, 2.75) is 33.9 Å². The minimum atomic E-state index is -0.807. The lowest BCUT2D eigenvalue weighted by Gasteiger charge is -2.23. The summed E-state index contributed by atoms with van der Waals surface area (Å²) in [5.74, 6) is -1.42. The maximum absolute atomic E-state index is 12.5. The van der Waals surface area contributed by atoms with E-state index < -0.39 is 11.9 Å². The number of esters is 1. The molecule has 1 amide bonds. The van der Waals surface area contributed by atoms with Gasteiger partial charge in [0.05, 0.1) is 6.61 Å². The van der Waals surface area contributed by atoms with Gasteiger partial charge in [0.25, 0.3) is 0 Å². The van der Waals surface area contributed by atoms with Crippen LogP contribution in [-0.4, -0.2) is 23.4 Å². The van der Waals surface area contributed by atoms with Gasteiger partial charge in [-0.2, -0.15) is 0 Å². The van der Waals surface area contributed by atoms with Crippen LogP contribution in [0.1, 0.15) is 29.2 Å². The lowest BCUT2D eigenvalue weighted by molar-refractivity contribution is -0.160. The molecule has 126 valence electrons. The number of benzene rings is 2. The molecular formula is C20H23NO3. The fourth-order valence-electron chi connectivity index (χ4n) is 2.51. The van der Waals surface area contributed by atoms with Crippen molar-refractivity contribution in [3.8, 4) is 0 Å². The Morgan fingerprint density at radius 1 is 0.958 bits per heavy atom. The quantitative estimate of drug-likeness (QED) is 0.625. The Balaban J connectivity index is 2.26. The molecule has 0 aliphatic carbocycles. The summed E-state index contributed by atoms with van der Waals surface area (Å²) < 4.78 is 4.88. The minimum absolute atomic E-state index is 0.188. The molecule has 4 heteroatoms. The van der Waals surface area contributed by atoms with Crippen molar-refractivity contribution in [3.05, 3.63) is 70.8 Å². The average molecular weight is 325 g/mol. The van der Waals surface area contributed by atoms with Crippen LogP contribution >= 0.6 is 0 Å². The molecule has 0 atom stereocenters. The lowest BCUT2D eigenvalue weighted by Crippen LogP contribution is -2.37. The zero-order chi connectivity index (χ0) is 17.5. The second-order valence-corrected chi connectivity index (χ2v) is 5.73. The molecule has 0 unspecified atom stereocenters. The highest BCUT2D eigenvalue weighted by atomic mass is 16.5. The highest BCUT2D eigenvalue weighted by Gasteiger charge is 2.24. The second kappa shape index (κ2) is 8.29. The summed E-state index contributed by atoms with van der Waals surface area (Å²) in [6.45, 7) is 6.68. The number of nitrogens with zero attached hydrogens (tertiary/aromatic N) is 1. The van der Waals surface area contributed by atoms with E-state index in [9.17, 15) is 9.59 Å². The van der Waals surface area contributed by atoms with Gasteiger partial charge in [-0.25, -0.2) is 4.79 Å². The highest BCUT2D eigenvalue weighted by molar-refractivity contribution is 6.32. The molecule has 0 spiro atoms. The van der Waals surface area contributed by atoms with Crippen molar-refractivity contribution in [3.63, 3.8) is 0 Å². The summed E-state index contributed by atoms with van der Waals surface area (Å²) in [5.41, 5.74) is 4.30. The van der Waals surface area contributed by atoms with Crippen molar-refractivity contribution in [2.24, 2.45) is 0 Å². The molecule has 0 heterocycles. The van der Waals surface area contributed by atoms with Crippen LogP contribution in [0.5, 0.6) is 0 Å². The smallest absolute Gasteiger partial charge is 0.397 e. The van der Waals surface area contributed by atoms with E-state index in [4.69, 9.17) is 4.74 Å². The van der Waals surface area contributed by atoms with Crippen LogP contribution < -0.4 is 0 Å². The summed E-state index contributed by atoms with van der Waals surface area (Å²) in [7, 11) is 0. The maximum atomic E-state index is 12.5. The van der Waals surface area contributed by atoms with E-state index in [0.29, 0.717) is 13.1 Å². The molecule has 2 aromatic rings. The largest absolute Gasteiger partial charge is 0.459 e. The SMILES string of the molecule is CCOC(=O)C(=O)N(Cc1ccccc1)Cc1cccc(C)c1C. The number of hydrogen-bond donors (Lipinski definition) is 0. The van der Waals surface area contributed by atoms with Crippen LogP contribution in [0.15, 0.2) is 48.5 Å². The first-order chi connectivity index (χ1) is 11.5. The van der Waals surface area contributed by atoms with Crippen molar-refractivity contribution in [1.82, 2.24) is 4.90 Å². The third kappa shape index (κ3) is 4.44. The van der Waals surface area contributed by atoms with E-state index in [1.54, 1.807) is 6.92 Å². The Morgan fingerprint density at radius 3 is 2.33 bits per heavy atom. The second-order valence-electron chi connectivity index (χ2n) is 5.73. The average Bonchev–Trinajstić information content (AvgIpc) is 2.58. The lowest BCUT2D eigenvalue weighted by atomic mass is 10.0. The summed E-state index contributed by atoms with van der Waals surface area (Å²) in [6, 6.07) is 15.6. The fourth-order valence-corrected chi connectivity index (χ4v) is 2.51. The molecule has 0 saturated heterocycles. The van der Waals surface area contributed by atoms with Crippen LogP contribution in [-0.2, 0) is 27.4 Å². The van der Waals surface area contributed by atoms with Gasteiger partial charge in [0.1, 0.15) is 0 Å². The van der Waals surface area contributed by atoms with Crippen LogP contribution in [0, 0.1) is 13.8 Å². The van der Waals surface area contributed by atoms with Crippen molar-refractivity contribution in [2.75, 3.05) is 6.61 Å². The number of ether oxygens (including phenoxy) is 1. The topological polar surface area (TPSA) is 46.6 Å². The number of carbonyl (C=O) groups excluding carboxylic acids is 2. The zero-order valence-electron chi connectivity index (χ0n) is 14.4. The van der Waals surface area contributed by atoms with Crippen molar-refractivity contribution >= 4 is 11.9 Å². The number of hydrogen-bond acceptors (Lipinski definition) is 3. The van der Waals surface area contributed by atoms with Gasteiger partial charge in [-0.15, -0.1) is 0 Å². The molecule has 0 aliphatic rings. The first-order valence-electron chi connectivity index (χ1n) is 8.08. The standard InChI is InChI=1S/C20H23NO3/c1-4-24-20(23)19(22)21(13-17-10-6-5-7-11-17)14-18-12-8-9-15(2)16(18)3/h5-12H,4,13-14H2,1-3H3. The van der Waals surface area contributed by atoms with E-state index >= 15 is 0 Å². The normalized spacial score (nSPS) is 10.3. The molecular weight excluding hydrogens is 302 g/mol. The molecule has 0 aromatic heterocycles. The number of carbonyl (C=O) groups is 2. The molecule has 2 rings (SSSR count). The van der Waals surface area contributed by atoms with Gasteiger partial charge >= 0.3 is 11.9 Å². The molecule has 0 saturated carbocycles. The molecule has 2 aromatic carbocycles. The molecule has 0 fully saturated rings. The van der Waals surface area contributed by atoms with Crippen LogP contribution in [0.3, 0.4) is 0 Å². The predicted octanol–water partition coefficient (Wildman–Crippen LogP) is 3.40. The maximum Gasteiger partial charge on any atom is 0.397 e. The Morgan fingerprint density at radius 2 is 1.67 bits per heavy atom. The van der Waals surface area contributed by atoms with Gasteiger partial charge < -0.3 is 9.64 Å². The minimum Gasteiger partial charge on any atom is -0.459 e. The molecule has 0 aliphatic heterocycles. The van der Waals surface area contributed by atoms with E-state index in [1.165, 1.54) is 4.90 Å². The zero-order valence-corrected chi connectivity index (χ0v) is 14.4. The summed E-state index contributed by atoms with van der Waals surface area (Å²) in [6.07, 6.45) is 0. The molecule has 4 nitrogen and oxygen atoms in total. The Bertz CT molecular complexity index is 710. The number of amides is 1. The molecule has 24 heavy (non-hydrogen) atoms. The number of rotatable bonds is 5. The van der Waals surface area contributed by atoms with Crippen LogP contribution in [0.25, 0.3) is 0 Å². The predicted molar refractivity (Wildman–Crippen MR) is 93.2 cm³/mol. The van der Waals surface area contributed by atoms with Crippen molar-refractivity contribution in [1.29, 1.82) is 0 Å². The fraction of sp³-hybridized carbons (Fsp3) is 0.300. The molecule has 0 bridgehead atoms. The van der Waals surface area contributed by atoms with Gasteiger partial charge in [0.15, 0.2) is 0 Å². The summed E-state index contributed by atoms with van der Waals surface area (Å²) in [5, 5.41) is 0. The van der Waals surface area contributed by atoms with Crippen molar-refractivity contribution < 1.29 is 14.3 Å². The van der Waals surface area contributed by atoms with Gasteiger partial charge in [0.2, 0.25) is 0 Å². The highest BCUT2D eigenvalue weighted by Crippen LogP contribution is 2.17. The van der Waals surface area contributed by atoms with Crippen LogP contribution in [0.4, 0.5) is 0 Å². The summed E-state index contributed by atoms with van der Waals surface area (Å²) >= 11 is 0. The monoisotopic (exact) mass is 325 g/mol. The van der Waals surface area contributed by atoms with Gasteiger partial charge in [-0.05, 0) is 43.0 Å². The first kappa shape index (κ1) is 17.7. The third-order valence-electron chi connectivity index (χ3n) is 4.03. The first-order valence-corrected chi connectivity index (χ1v) is 8.08.